The van der Waals surface area contributed by atoms with Gasteiger partial charge >= 0.3 is 0 Å². The van der Waals surface area contributed by atoms with Crippen LogP contribution in [-0.2, 0) is 4.79 Å². The molecule has 0 fully saturated rings. The molecule has 0 rings (SSSR count). The summed E-state index contributed by atoms with van der Waals surface area (Å²) in [5.41, 5.74) is 0. The van der Waals surface area contributed by atoms with E-state index in [2.05, 4.69) is 55.6 Å². The molecule has 0 bridgehead atoms. The Morgan fingerprint density at radius 2 is 1.10 bits per heavy atom. The third-order valence-corrected chi connectivity index (χ3v) is 6.85. The lowest BCUT2D eigenvalue weighted by molar-refractivity contribution is -0.131. The number of rotatable bonds is 27. The number of hydrogen-bond donors (Lipinski definition) is 4. The third-order valence-electron chi connectivity index (χ3n) is 6.85. The van der Waals surface area contributed by atoms with Gasteiger partial charge in [0.25, 0.3) is 0 Å². The quantitative estimate of drug-likeness (QED) is 0.0622. The first-order valence-electron chi connectivity index (χ1n) is 16.0. The highest BCUT2D eigenvalue weighted by Gasteiger charge is 2.22. The molecule has 0 heterocycles. The van der Waals surface area contributed by atoms with Crippen molar-refractivity contribution in [2.75, 3.05) is 6.61 Å². The molecule has 0 saturated heterocycles. The molecular formula is C34H61NO4. The smallest absolute Gasteiger partial charge is 0.249 e. The van der Waals surface area contributed by atoms with Gasteiger partial charge in [-0.25, -0.2) is 0 Å². The Morgan fingerprint density at radius 3 is 1.67 bits per heavy atom. The number of amides is 1. The fourth-order valence-electron chi connectivity index (χ4n) is 4.27. The second-order valence-electron chi connectivity index (χ2n) is 10.6. The van der Waals surface area contributed by atoms with E-state index in [-0.39, 0.29) is 6.61 Å². The van der Waals surface area contributed by atoms with Gasteiger partial charge in [0.15, 0.2) is 0 Å². The van der Waals surface area contributed by atoms with E-state index in [1.807, 2.05) is 6.08 Å². The highest BCUT2D eigenvalue weighted by molar-refractivity contribution is 5.80. The summed E-state index contributed by atoms with van der Waals surface area (Å²) in [6, 6.07) is -0.820. The van der Waals surface area contributed by atoms with Gasteiger partial charge in [-0.1, -0.05) is 120 Å². The van der Waals surface area contributed by atoms with Crippen LogP contribution in [0.1, 0.15) is 136 Å². The normalized spacial score (nSPS) is 14.7. The van der Waals surface area contributed by atoms with Gasteiger partial charge in [0.1, 0.15) is 6.10 Å². The van der Waals surface area contributed by atoms with Crippen molar-refractivity contribution in [3.05, 3.63) is 48.6 Å². The Labute approximate surface area is 240 Å². The topological polar surface area (TPSA) is 89.8 Å². The Balaban J connectivity index is 3.89. The molecule has 226 valence electrons. The summed E-state index contributed by atoms with van der Waals surface area (Å²) in [6.45, 7) is 4.03. The van der Waals surface area contributed by atoms with Crippen LogP contribution in [0.15, 0.2) is 48.6 Å². The molecule has 0 aromatic heterocycles. The van der Waals surface area contributed by atoms with E-state index in [1.54, 1.807) is 6.08 Å². The molecule has 39 heavy (non-hydrogen) atoms. The van der Waals surface area contributed by atoms with Crippen LogP contribution in [-0.4, -0.2) is 46.1 Å². The van der Waals surface area contributed by atoms with Crippen molar-refractivity contribution in [3.8, 4) is 0 Å². The lowest BCUT2D eigenvalue weighted by atomic mass is 10.0. The molecule has 3 unspecified atom stereocenters. The lowest BCUT2D eigenvalue weighted by Crippen LogP contribution is -2.48. The van der Waals surface area contributed by atoms with Gasteiger partial charge in [-0.15, -0.1) is 0 Å². The van der Waals surface area contributed by atoms with Gasteiger partial charge < -0.3 is 20.6 Å². The minimum Gasteiger partial charge on any atom is -0.394 e. The van der Waals surface area contributed by atoms with E-state index in [4.69, 9.17) is 0 Å². The molecule has 0 aliphatic carbocycles. The van der Waals surface area contributed by atoms with Crippen molar-refractivity contribution in [3.63, 3.8) is 0 Å². The number of aliphatic hydroxyl groups excluding tert-OH is 3. The molecule has 5 heteroatoms. The fraction of sp³-hybridized carbons (Fsp3) is 0.735. The highest BCUT2D eigenvalue weighted by atomic mass is 16.3. The molecule has 5 nitrogen and oxygen atoms in total. The Morgan fingerprint density at radius 1 is 0.615 bits per heavy atom. The summed E-state index contributed by atoms with van der Waals surface area (Å²) in [6.07, 6.45) is 35.5. The molecule has 0 aromatic carbocycles. The second kappa shape index (κ2) is 29.3. The van der Waals surface area contributed by atoms with Crippen LogP contribution in [0.4, 0.5) is 0 Å². The summed E-state index contributed by atoms with van der Waals surface area (Å²) in [7, 11) is 0. The van der Waals surface area contributed by atoms with E-state index in [0.717, 1.165) is 57.8 Å². The standard InChI is InChI=1S/C34H61NO4/c1-3-5-7-9-11-13-15-16-17-19-21-23-25-27-29-33(38)34(39)35-31(30-36)32(37)28-26-24-22-20-18-14-12-10-8-6-4-2/h8,10,13,15,18,20,26,28,31-33,36-38H,3-7,9,11-12,14,16-17,19,21-25,27,29-30H2,1-2H3,(H,35,39)/b10-8+,15-13-,20-18+,28-26+. The Kier molecular flexibility index (Phi) is 28.0. The predicted molar refractivity (Wildman–Crippen MR) is 167 cm³/mol. The average Bonchev–Trinajstić information content (AvgIpc) is 2.94. The maximum atomic E-state index is 12.3. The maximum Gasteiger partial charge on any atom is 0.249 e. The minimum atomic E-state index is -1.11. The predicted octanol–water partition coefficient (Wildman–Crippen LogP) is 7.86. The molecule has 0 spiro atoms. The van der Waals surface area contributed by atoms with Crippen LogP contribution >= 0.6 is 0 Å². The first-order chi connectivity index (χ1) is 19.1. The van der Waals surface area contributed by atoms with Gasteiger partial charge in [0.05, 0.1) is 18.8 Å². The van der Waals surface area contributed by atoms with Gasteiger partial charge in [0, 0.05) is 0 Å². The van der Waals surface area contributed by atoms with Crippen molar-refractivity contribution in [2.45, 2.75) is 154 Å². The number of nitrogens with one attached hydrogen (secondary N) is 1. The lowest BCUT2D eigenvalue weighted by Gasteiger charge is -2.21. The monoisotopic (exact) mass is 547 g/mol. The van der Waals surface area contributed by atoms with E-state index in [0.29, 0.717) is 6.42 Å². The van der Waals surface area contributed by atoms with Crippen molar-refractivity contribution in [1.29, 1.82) is 0 Å². The molecule has 4 N–H and O–H groups in total. The van der Waals surface area contributed by atoms with Crippen LogP contribution in [0.2, 0.25) is 0 Å². The first-order valence-corrected chi connectivity index (χ1v) is 16.0. The summed E-state index contributed by atoms with van der Waals surface area (Å²) in [4.78, 5) is 12.3. The summed E-state index contributed by atoms with van der Waals surface area (Å²) in [5, 5.41) is 32.7. The van der Waals surface area contributed by atoms with Crippen LogP contribution < -0.4 is 5.32 Å². The minimum absolute atomic E-state index is 0.385. The third kappa shape index (κ3) is 25.0. The summed E-state index contributed by atoms with van der Waals surface area (Å²) >= 11 is 0. The van der Waals surface area contributed by atoms with Crippen LogP contribution in [0.5, 0.6) is 0 Å². The van der Waals surface area contributed by atoms with Gasteiger partial charge in [0.2, 0.25) is 5.91 Å². The number of allylic oxidation sites excluding steroid dienone is 7. The van der Waals surface area contributed by atoms with E-state index < -0.39 is 24.2 Å². The zero-order valence-electron chi connectivity index (χ0n) is 25.2. The van der Waals surface area contributed by atoms with Crippen LogP contribution in [0.25, 0.3) is 0 Å². The second-order valence-corrected chi connectivity index (χ2v) is 10.6. The number of aliphatic hydroxyl groups is 3. The number of carbonyl (C=O) groups is 1. The van der Waals surface area contributed by atoms with Crippen molar-refractivity contribution < 1.29 is 20.1 Å². The number of unbranched alkanes of at least 4 members (excludes halogenated alkanes) is 13. The molecule has 0 saturated carbocycles. The molecule has 0 aliphatic rings. The number of carbonyl (C=O) groups excluding carboxylic acids is 1. The molecular weight excluding hydrogens is 486 g/mol. The Bertz CT molecular complexity index is 656. The van der Waals surface area contributed by atoms with Gasteiger partial charge in [-0.3, -0.25) is 4.79 Å². The number of hydrogen-bond acceptors (Lipinski definition) is 4. The molecule has 0 aliphatic heterocycles. The zero-order valence-corrected chi connectivity index (χ0v) is 25.2. The average molecular weight is 548 g/mol. The zero-order chi connectivity index (χ0) is 28.8. The largest absolute Gasteiger partial charge is 0.394 e. The van der Waals surface area contributed by atoms with Crippen molar-refractivity contribution in [1.82, 2.24) is 5.32 Å². The fourth-order valence-corrected chi connectivity index (χ4v) is 4.27. The van der Waals surface area contributed by atoms with Crippen LogP contribution in [0.3, 0.4) is 0 Å². The first kappa shape index (κ1) is 37.3. The van der Waals surface area contributed by atoms with Crippen molar-refractivity contribution >= 4 is 5.91 Å². The van der Waals surface area contributed by atoms with E-state index in [1.165, 1.54) is 57.8 Å². The van der Waals surface area contributed by atoms with Gasteiger partial charge in [-0.05, 0) is 64.2 Å². The van der Waals surface area contributed by atoms with Gasteiger partial charge in [-0.2, -0.15) is 0 Å². The van der Waals surface area contributed by atoms with Crippen molar-refractivity contribution in [2.24, 2.45) is 0 Å². The molecule has 3 atom stereocenters. The van der Waals surface area contributed by atoms with E-state index >= 15 is 0 Å². The maximum absolute atomic E-state index is 12.3. The Hall–Kier alpha value is -1.69. The SMILES string of the molecule is CCC/C=C/CC/C=C/CC/C=C/C(O)C(CO)NC(=O)C(O)CCCCCCCC/C=C\CCCCCC. The summed E-state index contributed by atoms with van der Waals surface area (Å²) in [5.74, 6) is -0.529. The molecule has 0 aromatic rings. The van der Waals surface area contributed by atoms with E-state index in [9.17, 15) is 20.1 Å². The summed E-state index contributed by atoms with van der Waals surface area (Å²) < 4.78 is 0. The molecule has 1 amide bonds. The van der Waals surface area contributed by atoms with Crippen LogP contribution in [0, 0.1) is 0 Å². The highest BCUT2D eigenvalue weighted by Crippen LogP contribution is 2.11. The molecule has 0 radical (unpaired) electrons.